The van der Waals surface area contributed by atoms with Gasteiger partial charge in [0.25, 0.3) is 0 Å². The van der Waals surface area contributed by atoms with E-state index in [4.69, 9.17) is 0 Å². The van der Waals surface area contributed by atoms with Gasteiger partial charge in [0.15, 0.2) is 0 Å². The predicted molar refractivity (Wildman–Crippen MR) is 80.5 cm³/mol. The Labute approximate surface area is 171 Å². The fraction of sp³-hybridized carbons (Fsp3) is 0.923. The van der Waals surface area contributed by atoms with E-state index in [1.807, 2.05) is 0 Å². The first-order valence-corrected chi connectivity index (χ1v) is 9.70. The van der Waals surface area contributed by atoms with Gasteiger partial charge in [-0.1, -0.05) is 0 Å². The first-order valence-electron chi connectivity index (χ1n) is 8.05. The molecule has 192 valence electrons. The lowest BCUT2D eigenvalue weighted by Crippen LogP contribution is -2.70. The van der Waals surface area contributed by atoms with Crippen LogP contribution in [0, 0.1) is 0 Å². The minimum atomic E-state index is -8.04. The molecule has 0 aliphatic carbocycles. The van der Waals surface area contributed by atoms with Gasteiger partial charge in [-0.15, -0.1) is 0 Å². The molecule has 0 saturated carbocycles. The molecule has 0 aromatic heterocycles. The van der Waals surface area contributed by atoms with Crippen LogP contribution >= 0.6 is 0 Å². The fourth-order valence-corrected chi connectivity index (χ4v) is 3.00. The van der Waals surface area contributed by atoms with Crippen molar-refractivity contribution in [1.29, 1.82) is 0 Å². The molecular formula is C13H15F13N2O3S. The van der Waals surface area contributed by atoms with Gasteiger partial charge in [0.05, 0.1) is 5.75 Å². The molecule has 1 amide bonds. The maximum atomic E-state index is 13.5. The second-order valence-corrected chi connectivity index (χ2v) is 8.23. The molecule has 0 aliphatic heterocycles. The number of alkyl halides is 13. The zero-order valence-electron chi connectivity index (χ0n) is 15.6. The SMILES string of the molecule is CC(=O)NCCCNS(=O)(=O)CCC(F)(F)C(F)(F)C(F)(F)C(F)(F)C(F)(F)C(F)(F)F. The van der Waals surface area contributed by atoms with E-state index in [1.54, 1.807) is 0 Å². The summed E-state index contributed by atoms with van der Waals surface area (Å²) in [5.74, 6) is -40.5. The first kappa shape index (κ1) is 30.5. The largest absolute Gasteiger partial charge is 0.460 e. The second kappa shape index (κ2) is 9.38. The number of nitrogens with one attached hydrogen (secondary N) is 2. The summed E-state index contributed by atoms with van der Waals surface area (Å²) in [5.41, 5.74) is 0. The maximum absolute atomic E-state index is 13.5. The van der Waals surface area contributed by atoms with E-state index in [2.05, 4.69) is 5.32 Å². The summed E-state index contributed by atoms with van der Waals surface area (Å²) in [7, 11) is -4.94. The van der Waals surface area contributed by atoms with Crippen LogP contribution < -0.4 is 10.0 Å². The average Bonchev–Trinajstić information content (AvgIpc) is 2.58. The van der Waals surface area contributed by atoms with Crippen LogP contribution in [0.2, 0.25) is 0 Å². The average molecular weight is 526 g/mol. The lowest BCUT2D eigenvalue weighted by molar-refractivity contribution is -0.439. The predicted octanol–water partition coefficient (Wildman–Crippen LogP) is 3.56. The molecule has 5 nitrogen and oxygen atoms in total. The number of amides is 1. The van der Waals surface area contributed by atoms with E-state index in [9.17, 15) is 70.3 Å². The molecule has 0 heterocycles. The van der Waals surface area contributed by atoms with Crippen LogP contribution in [0.4, 0.5) is 57.1 Å². The topological polar surface area (TPSA) is 75.3 Å². The summed E-state index contributed by atoms with van der Waals surface area (Å²) in [5, 5.41) is 2.17. The molecule has 0 saturated heterocycles. The van der Waals surface area contributed by atoms with E-state index in [-0.39, 0.29) is 13.0 Å². The molecule has 0 bridgehead atoms. The van der Waals surface area contributed by atoms with Gasteiger partial charge in [-0.2, -0.15) is 57.1 Å². The highest BCUT2D eigenvalue weighted by atomic mass is 32.2. The highest BCUT2D eigenvalue weighted by molar-refractivity contribution is 7.89. The van der Waals surface area contributed by atoms with Crippen molar-refractivity contribution in [2.24, 2.45) is 0 Å². The molecule has 32 heavy (non-hydrogen) atoms. The van der Waals surface area contributed by atoms with Crippen LogP contribution in [-0.2, 0) is 14.8 Å². The van der Waals surface area contributed by atoms with Gasteiger partial charge in [-0.3, -0.25) is 4.79 Å². The quantitative estimate of drug-likeness (QED) is 0.302. The second-order valence-electron chi connectivity index (χ2n) is 6.30. The van der Waals surface area contributed by atoms with Crippen LogP contribution in [0.15, 0.2) is 0 Å². The van der Waals surface area contributed by atoms with Crippen molar-refractivity contribution >= 4 is 15.9 Å². The van der Waals surface area contributed by atoms with Crippen molar-refractivity contribution in [3.05, 3.63) is 0 Å². The van der Waals surface area contributed by atoms with Crippen molar-refractivity contribution < 1.29 is 70.3 Å². The van der Waals surface area contributed by atoms with Gasteiger partial charge < -0.3 is 5.32 Å². The third-order valence-electron chi connectivity index (χ3n) is 3.73. The lowest BCUT2D eigenvalue weighted by atomic mass is 9.93. The summed E-state index contributed by atoms with van der Waals surface area (Å²) >= 11 is 0. The van der Waals surface area contributed by atoms with Gasteiger partial charge in [-0.25, -0.2) is 13.1 Å². The third-order valence-corrected chi connectivity index (χ3v) is 5.12. The van der Waals surface area contributed by atoms with Crippen LogP contribution in [0.25, 0.3) is 0 Å². The zero-order chi connectivity index (χ0) is 26.0. The van der Waals surface area contributed by atoms with E-state index < -0.39 is 70.4 Å². The zero-order valence-corrected chi connectivity index (χ0v) is 16.4. The Morgan fingerprint density at radius 3 is 1.56 bits per heavy atom. The van der Waals surface area contributed by atoms with Crippen molar-refractivity contribution in [1.82, 2.24) is 10.0 Å². The van der Waals surface area contributed by atoms with Crippen molar-refractivity contribution in [2.45, 2.75) is 55.6 Å². The summed E-state index contributed by atoms with van der Waals surface area (Å²) in [6.07, 6.45) is -10.5. The molecule has 0 aliphatic rings. The summed E-state index contributed by atoms with van der Waals surface area (Å²) in [6, 6.07) is 0. The number of rotatable bonds is 12. The number of sulfonamides is 1. The normalized spacial score (nSPS) is 15.1. The molecule has 0 fully saturated rings. The molecule has 0 spiro atoms. The summed E-state index contributed by atoms with van der Waals surface area (Å²) in [6.45, 7) is 0.355. The van der Waals surface area contributed by atoms with Gasteiger partial charge in [0.2, 0.25) is 15.9 Å². The smallest absolute Gasteiger partial charge is 0.356 e. The number of carbonyl (C=O) groups excluding carboxylic acids is 1. The van der Waals surface area contributed by atoms with E-state index in [1.165, 1.54) is 4.72 Å². The van der Waals surface area contributed by atoms with Crippen LogP contribution in [0.5, 0.6) is 0 Å². The van der Waals surface area contributed by atoms with Crippen LogP contribution in [0.3, 0.4) is 0 Å². The molecule has 2 N–H and O–H groups in total. The maximum Gasteiger partial charge on any atom is 0.460 e. The van der Waals surface area contributed by atoms with Gasteiger partial charge in [0.1, 0.15) is 0 Å². The van der Waals surface area contributed by atoms with E-state index >= 15 is 0 Å². The van der Waals surface area contributed by atoms with Crippen LogP contribution in [-0.4, -0.2) is 69.0 Å². The molecule has 19 heteroatoms. The Balaban J connectivity index is 5.53. The summed E-state index contributed by atoms with van der Waals surface area (Å²) < 4.78 is 192. The van der Waals surface area contributed by atoms with Crippen LogP contribution in [0.1, 0.15) is 19.8 Å². The van der Waals surface area contributed by atoms with Gasteiger partial charge >= 0.3 is 35.8 Å². The highest BCUT2D eigenvalue weighted by Gasteiger charge is 2.90. The number of hydrogen-bond donors (Lipinski definition) is 2. The standard InChI is InChI=1S/C13H15F13N2O3S/c1-7(29)27-4-2-5-28-32(30,31)6-3-8(14,15)9(16,17)10(18,19)11(20,21)12(22,23)13(24,25)26/h28H,2-6H2,1H3,(H,27,29). The molecule has 0 atom stereocenters. The van der Waals surface area contributed by atoms with E-state index in [0.717, 1.165) is 6.92 Å². The Hall–Kier alpha value is -1.53. The molecule has 0 radical (unpaired) electrons. The van der Waals surface area contributed by atoms with Gasteiger partial charge in [0, 0.05) is 26.4 Å². The minimum absolute atomic E-state index is 0.138. The molecule has 0 rings (SSSR count). The number of hydrogen-bond acceptors (Lipinski definition) is 3. The Morgan fingerprint density at radius 2 is 1.16 bits per heavy atom. The summed E-state index contributed by atoms with van der Waals surface area (Å²) in [4.78, 5) is 10.6. The molecular weight excluding hydrogens is 511 g/mol. The van der Waals surface area contributed by atoms with Crippen molar-refractivity contribution in [3.63, 3.8) is 0 Å². The molecule has 0 aromatic carbocycles. The van der Waals surface area contributed by atoms with E-state index in [0.29, 0.717) is 0 Å². The fourth-order valence-electron chi connectivity index (χ4n) is 1.87. The molecule has 0 unspecified atom stereocenters. The lowest BCUT2D eigenvalue weighted by Gasteiger charge is -2.39. The third kappa shape index (κ3) is 6.07. The first-order chi connectivity index (χ1) is 13.9. The Bertz CT molecular complexity index is 766. The Kier molecular flexibility index (Phi) is 8.93. The monoisotopic (exact) mass is 526 g/mol. The number of carbonyl (C=O) groups is 1. The van der Waals surface area contributed by atoms with Crippen molar-refractivity contribution in [2.75, 3.05) is 18.8 Å². The van der Waals surface area contributed by atoms with Gasteiger partial charge in [-0.05, 0) is 6.42 Å². The Morgan fingerprint density at radius 1 is 0.719 bits per heavy atom. The molecule has 0 aromatic rings. The highest BCUT2D eigenvalue weighted by Crippen LogP contribution is 2.60. The minimum Gasteiger partial charge on any atom is -0.356 e. The number of halogens is 13. The van der Waals surface area contributed by atoms with Crippen molar-refractivity contribution in [3.8, 4) is 0 Å².